The highest BCUT2D eigenvalue weighted by atomic mass is 32.1. The molecule has 4 N–H and O–H groups in total. The molecular weight excluding hydrogens is 891 g/mol. The number of anilines is 5. The van der Waals surface area contributed by atoms with Crippen molar-refractivity contribution in [2.45, 2.75) is 45.3 Å². The van der Waals surface area contributed by atoms with Gasteiger partial charge in [0.25, 0.3) is 17.7 Å². The number of aryl methyl sites for hydroxylation is 2. The van der Waals surface area contributed by atoms with E-state index >= 15 is 0 Å². The number of nitrogens with one attached hydrogen (secondary N) is 4. The molecular formula is C58H47N7O4S. The van der Waals surface area contributed by atoms with Gasteiger partial charge in [0.2, 0.25) is 0 Å². The molecule has 0 saturated heterocycles. The van der Waals surface area contributed by atoms with Crippen molar-refractivity contribution in [3.8, 4) is 22.3 Å². The van der Waals surface area contributed by atoms with E-state index in [0.717, 1.165) is 67.6 Å². The number of fused-ring (bicyclic) bond motifs is 3. The van der Waals surface area contributed by atoms with E-state index in [1.165, 1.54) is 4.88 Å². The summed E-state index contributed by atoms with van der Waals surface area (Å²) in [5, 5.41) is 10.9. The van der Waals surface area contributed by atoms with Crippen LogP contribution in [0, 0.1) is 6.92 Å². The molecule has 12 rings (SSSR count). The molecule has 3 aliphatic heterocycles. The number of hydrogen-bond acceptors (Lipinski definition) is 8. The van der Waals surface area contributed by atoms with Crippen LogP contribution >= 0.6 is 11.3 Å². The molecule has 11 nitrogen and oxygen atoms in total. The van der Waals surface area contributed by atoms with Crippen molar-refractivity contribution in [2.24, 2.45) is 0 Å². The SMILES string of the molecule is CCc1ccc(C2Nc3ccccc3C(=O)N2Cc2ccc(-c3cc[nH]c3C3Nc4ccccc4C(=O)N3c3cccc(-c4cc(C5Nc6ccccc6C(=O)N5c5ccccc5)oc4C)c3)cc2)s1. The summed E-state index contributed by atoms with van der Waals surface area (Å²) in [6, 6.07) is 57.0. The number of nitrogens with zero attached hydrogens (tertiary/aromatic N) is 3. The average Bonchev–Trinajstić information content (AvgIpc) is 4.19. The summed E-state index contributed by atoms with van der Waals surface area (Å²) in [4.78, 5) is 54.5. The average molecular weight is 938 g/mol. The number of aromatic amines is 1. The predicted octanol–water partition coefficient (Wildman–Crippen LogP) is 13.2. The molecule has 6 aromatic carbocycles. The van der Waals surface area contributed by atoms with Gasteiger partial charge in [0.15, 0.2) is 6.17 Å². The molecule has 70 heavy (non-hydrogen) atoms. The number of hydrogen-bond donors (Lipinski definition) is 4. The molecule has 344 valence electrons. The number of carbonyl (C=O) groups excluding carboxylic acids is 3. The molecule has 3 atom stereocenters. The van der Waals surface area contributed by atoms with Crippen LogP contribution < -0.4 is 25.8 Å². The number of para-hydroxylation sites is 4. The van der Waals surface area contributed by atoms with Crippen LogP contribution in [0.1, 0.15) is 89.0 Å². The second-order valence-electron chi connectivity index (χ2n) is 17.7. The Bertz CT molecular complexity index is 3470. The Kier molecular flexibility index (Phi) is 10.7. The van der Waals surface area contributed by atoms with Crippen LogP contribution in [0.3, 0.4) is 0 Å². The number of benzene rings is 6. The third kappa shape index (κ3) is 7.40. The van der Waals surface area contributed by atoms with E-state index in [1.54, 1.807) is 16.2 Å². The Hall–Kier alpha value is -8.61. The molecule has 12 heteroatoms. The summed E-state index contributed by atoms with van der Waals surface area (Å²) in [5.74, 6) is 0.962. The smallest absolute Gasteiger partial charge is 0.262 e. The van der Waals surface area contributed by atoms with Crippen molar-refractivity contribution >= 4 is 57.5 Å². The van der Waals surface area contributed by atoms with Crippen LogP contribution in [-0.2, 0) is 13.0 Å². The Labute approximate surface area is 409 Å². The normalized spacial score (nSPS) is 17.3. The maximum Gasteiger partial charge on any atom is 0.262 e. The zero-order valence-electron chi connectivity index (χ0n) is 38.3. The first-order chi connectivity index (χ1) is 34.3. The monoisotopic (exact) mass is 937 g/mol. The van der Waals surface area contributed by atoms with Crippen LogP contribution in [0.2, 0.25) is 0 Å². The molecule has 0 bridgehead atoms. The van der Waals surface area contributed by atoms with E-state index in [0.29, 0.717) is 40.4 Å². The van der Waals surface area contributed by atoms with E-state index in [9.17, 15) is 14.4 Å². The first-order valence-electron chi connectivity index (χ1n) is 23.5. The minimum Gasteiger partial charge on any atom is -0.461 e. The van der Waals surface area contributed by atoms with E-state index in [4.69, 9.17) is 4.42 Å². The van der Waals surface area contributed by atoms with Crippen molar-refractivity contribution in [2.75, 3.05) is 25.8 Å². The van der Waals surface area contributed by atoms with Crippen LogP contribution in [0.4, 0.5) is 28.4 Å². The zero-order valence-corrected chi connectivity index (χ0v) is 39.2. The summed E-state index contributed by atoms with van der Waals surface area (Å²) in [6.45, 7) is 4.48. The van der Waals surface area contributed by atoms with Gasteiger partial charge in [-0.3, -0.25) is 24.2 Å². The standard InChI is InChI=1S/C58H47N7O4S/c1-3-41-28-29-51(70-41)54-61-47-21-10-7-18-43(47)56(66)63(54)34-36-24-26-37(27-25-36)42-30-31-59-52(42)55-62-49-23-12-9-20-45(49)58(68)65(55)40-17-13-14-38(32-40)46-33-50(69-35(46)2)53-60-48-22-11-8-19-44(48)57(67)64(53)39-15-5-4-6-16-39/h4-33,53-55,59-62H,3,34H2,1-2H3. The highest BCUT2D eigenvalue weighted by Gasteiger charge is 2.39. The lowest BCUT2D eigenvalue weighted by atomic mass is 9.98. The Morgan fingerprint density at radius 1 is 0.529 bits per heavy atom. The lowest BCUT2D eigenvalue weighted by molar-refractivity contribution is 0.0669. The second-order valence-corrected chi connectivity index (χ2v) is 18.9. The Balaban J connectivity index is 0.863. The van der Waals surface area contributed by atoms with Gasteiger partial charge in [-0.25, -0.2) is 0 Å². The van der Waals surface area contributed by atoms with Gasteiger partial charge < -0.3 is 30.3 Å². The van der Waals surface area contributed by atoms with Crippen LogP contribution in [-0.4, -0.2) is 27.6 Å². The van der Waals surface area contributed by atoms with Gasteiger partial charge in [0.05, 0.1) is 22.4 Å². The summed E-state index contributed by atoms with van der Waals surface area (Å²) < 4.78 is 6.55. The second kappa shape index (κ2) is 17.5. The fourth-order valence-corrected chi connectivity index (χ4v) is 11.1. The van der Waals surface area contributed by atoms with Crippen LogP contribution in [0.15, 0.2) is 187 Å². The molecule has 3 aliphatic rings. The molecule has 3 aromatic heterocycles. The molecule has 0 saturated carbocycles. The van der Waals surface area contributed by atoms with E-state index in [1.807, 2.05) is 162 Å². The summed E-state index contributed by atoms with van der Waals surface area (Å²) in [7, 11) is 0. The number of amides is 3. The van der Waals surface area contributed by atoms with Gasteiger partial charge in [0.1, 0.15) is 23.9 Å². The molecule has 6 heterocycles. The molecule has 0 aliphatic carbocycles. The quantitative estimate of drug-likeness (QED) is 0.108. The van der Waals surface area contributed by atoms with Gasteiger partial charge in [-0.15, -0.1) is 11.3 Å². The number of thiophene rings is 1. The van der Waals surface area contributed by atoms with Crippen molar-refractivity contribution in [3.05, 3.63) is 231 Å². The topological polar surface area (TPSA) is 126 Å². The molecule has 9 aromatic rings. The minimum absolute atomic E-state index is 0.0118. The number of furan rings is 1. The largest absolute Gasteiger partial charge is 0.461 e. The van der Waals surface area contributed by atoms with Crippen molar-refractivity contribution in [1.29, 1.82) is 0 Å². The van der Waals surface area contributed by atoms with Crippen molar-refractivity contribution in [3.63, 3.8) is 0 Å². The summed E-state index contributed by atoms with van der Waals surface area (Å²) >= 11 is 1.73. The van der Waals surface area contributed by atoms with Crippen LogP contribution in [0.5, 0.6) is 0 Å². The Morgan fingerprint density at radius 3 is 1.80 bits per heavy atom. The number of carbonyl (C=O) groups is 3. The van der Waals surface area contributed by atoms with Crippen molar-refractivity contribution in [1.82, 2.24) is 9.88 Å². The summed E-state index contributed by atoms with van der Waals surface area (Å²) in [5.41, 5.74) is 10.9. The van der Waals surface area contributed by atoms with Crippen molar-refractivity contribution < 1.29 is 18.8 Å². The predicted molar refractivity (Wildman–Crippen MR) is 277 cm³/mol. The fourth-order valence-electron chi connectivity index (χ4n) is 10.0. The highest BCUT2D eigenvalue weighted by Crippen LogP contribution is 2.44. The third-order valence-electron chi connectivity index (χ3n) is 13.5. The fraction of sp³-hybridized carbons (Fsp3) is 0.121. The number of H-pyrrole nitrogens is 1. The zero-order chi connectivity index (χ0) is 47.5. The lowest BCUT2D eigenvalue weighted by Crippen LogP contribution is -2.43. The first kappa shape index (κ1) is 42.7. The van der Waals surface area contributed by atoms with Gasteiger partial charge >= 0.3 is 0 Å². The molecule has 0 fully saturated rings. The third-order valence-corrected chi connectivity index (χ3v) is 14.8. The highest BCUT2D eigenvalue weighted by molar-refractivity contribution is 7.12. The summed E-state index contributed by atoms with van der Waals surface area (Å²) in [6.07, 6.45) is 1.31. The first-order valence-corrected chi connectivity index (χ1v) is 24.3. The maximum atomic E-state index is 14.9. The van der Waals surface area contributed by atoms with E-state index in [-0.39, 0.29) is 23.9 Å². The molecule has 0 radical (unpaired) electrons. The van der Waals surface area contributed by atoms with Gasteiger partial charge in [-0.05, 0) is 115 Å². The van der Waals surface area contributed by atoms with E-state index in [2.05, 4.69) is 64.3 Å². The number of rotatable bonds is 10. The van der Waals surface area contributed by atoms with Gasteiger partial charge in [-0.2, -0.15) is 0 Å². The maximum absolute atomic E-state index is 14.9. The number of aromatic nitrogens is 1. The lowest BCUT2D eigenvalue weighted by Gasteiger charge is -2.38. The van der Waals surface area contributed by atoms with Gasteiger partial charge in [-0.1, -0.05) is 97.9 Å². The molecule has 3 amide bonds. The molecule has 0 spiro atoms. The van der Waals surface area contributed by atoms with Gasteiger partial charge in [0, 0.05) is 62.1 Å². The van der Waals surface area contributed by atoms with Crippen LogP contribution in [0.25, 0.3) is 22.3 Å². The minimum atomic E-state index is -0.617. The van der Waals surface area contributed by atoms with E-state index < -0.39 is 12.3 Å². The Morgan fingerprint density at radius 2 is 1.13 bits per heavy atom. The molecule has 3 unspecified atom stereocenters.